The second-order valence-electron chi connectivity index (χ2n) is 6.25. The van der Waals surface area contributed by atoms with Crippen molar-refractivity contribution in [2.75, 3.05) is 19.7 Å². The number of nitrogens with one attached hydrogen (secondary N) is 2. The summed E-state index contributed by atoms with van der Waals surface area (Å²) in [7, 11) is 0. The molecule has 0 atom stereocenters. The van der Waals surface area contributed by atoms with Gasteiger partial charge in [0, 0.05) is 19.2 Å². The third kappa shape index (κ3) is 7.91. The Morgan fingerprint density at radius 1 is 1.06 bits per heavy atom. The number of rotatable bonds is 9. The average molecular weight is 443 g/mol. The maximum Gasteiger partial charge on any atom is 0.422 e. The lowest BCUT2D eigenvalue weighted by Gasteiger charge is -2.11. The first-order chi connectivity index (χ1) is 14.5. The molecule has 0 saturated carbocycles. The molecule has 0 aliphatic heterocycles. The number of nitro benzene ring substituents is 1. The summed E-state index contributed by atoms with van der Waals surface area (Å²) >= 11 is 0. The van der Waals surface area contributed by atoms with E-state index in [0.717, 1.165) is 18.2 Å². The summed E-state index contributed by atoms with van der Waals surface area (Å²) in [5.41, 5.74) is -0.657. The lowest BCUT2D eigenvalue weighted by molar-refractivity contribution is -0.385. The maximum absolute atomic E-state index is 13.1. The molecular formula is C19H17F4N3O5. The summed E-state index contributed by atoms with van der Waals surface area (Å²) in [6.07, 6.45) is -4.70. The zero-order valence-electron chi connectivity index (χ0n) is 15.9. The second kappa shape index (κ2) is 10.4. The minimum Gasteiger partial charge on any atom is -0.484 e. The van der Waals surface area contributed by atoms with Gasteiger partial charge < -0.3 is 15.4 Å². The molecule has 2 N–H and O–H groups in total. The van der Waals surface area contributed by atoms with Crippen LogP contribution in [0.3, 0.4) is 0 Å². The largest absolute Gasteiger partial charge is 0.484 e. The van der Waals surface area contributed by atoms with Gasteiger partial charge >= 0.3 is 6.18 Å². The Hall–Kier alpha value is -3.70. The van der Waals surface area contributed by atoms with E-state index in [-0.39, 0.29) is 25.3 Å². The molecule has 0 aliphatic rings. The number of carbonyl (C=O) groups is 2. The molecule has 8 nitrogen and oxygen atoms in total. The van der Waals surface area contributed by atoms with E-state index in [2.05, 4.69) is 15.4 Å². The summed E-state index contributed by atoms with van der Waals surface area (Å²) in [6.45, 7) is -1.76. The van der Waals surface area contributed by atoms with Crippen LogP contribution in [0, 0.1) is 15.9 Å². The number of hydrogen-bond donors (Lipinski definition) is 2. The van der Waals surface area contributed by atoms with Crippen molar-refractivity contribution in [2.24, 2.45) is 0 Å². The molecule has 31 heavy (non-hydrogen) atoms. The van der Waals surface area contributed by atoms with Crippen LogP contribution >= 0.6 is 0 Å². The highest BCUT2D eigenvalue weighted by Gasteiger charge is 2.29. The molecule has 0 aromatic heterocycles. The first-order valence-electron chi connectivity index (χ1n) is 8.82. The molecule has 0 radical (unpaired) electrons. The third-order valence-corrected chi connectivity index (χ3v) is 3.80. The highest BCUT2D eigenvalue weighted by atomic mass is 19.4. The van der Waals surface area contributed by atoms with Gasteiger partial charge in [-0.05, 0) is 29.8 Å². The van der Waals surface area contributed by atoms with Crippen LogP contribution in [0.25, 0.3) is 0 Å². The van der Waals surface area contributed by atoms with E-state index in [1.165, 1.54) is 18.2 Å². The smallest absolute Gasteiger partial charge is 0.422 e. The fourth-order valence-corrected chi connectivity index (χ4v) is 2.48. The van der Waals surface area contributed by atoms with Crippen LogP contribution in [0.2, 0.25) is 0 Å². The Balaban J connectivity index is 1.91. The number of ether oxygens (including phenoxy) is 1. The average Bonchev–Trinajstić information content (AvgIpc) is 2.68. The molecule has 2 aromatic carbocycles. The van der Waals surface area contributed by atoms with Crippen molar-refractivity contribution in [3.05, 3.63) is 69.5 Å². The lowest BCUT2D eigenvalue weighted by Crippen LogP contribution is -2.35. The molecule has 2 aromatic rings. The summed E-state index contributed by atoms with van der Waals surface area (Å²) < 4.78 is 54.4. The highest BCUT2D eigenvalue weighted by molar-refractivity contribution is 5.98. The van der Waals surface area contributed by atoms with Gasteiger partial charge in [0.1, 0.15) is 17.1 Å². The zero-order valence-corrected chi connectivity index (χ0v) is 15.9. The minimum absolute atomic E-state index is 0.0298. The topological polar surface area (TPSA) is 111 Å². The predicted octanol–water partition coefficient (Wildman–Crippen LogP) is 2.76. The quantitative estimate of drug-likeness (QED) is 0.268. The Bertz CT molecular complexity index is 966. The predicted molar refractivity (Wildman–Crippen MR) is 100 cm³/mol. The van der Waals surface area contributed by atoms with E-state index in [4.69, 9.17) is 0 Å². The molecule has 2 rings (SSSR count). The van der Waals surface area contributed by atoms with E-state index in [0.29, 0.717) is 5.56 Å². The van der Waals surface area contributed by atoms with Gasteiger partial charge in [0.2, 0.25) is 5.91 Å². The number of benzene rings is 2. The van der Waals surface area contributed by atoms with Crippen LogP contribution in [-0.2, 0) is 11.2 Å². The van der Waals surface area contributed by atoms with Crippen molar-refractivity contribution in [3.63, 3.8) is 0 Å². The molecule has 0 aliphatic carbocycles. The van der Waals surface area contributed by atoms with Crippen LogP contribution in [0.1, 0.15) is 15.9 Å². The first kappa shape index (κ1) is 23.6. The molecule has 166 valence electrons. The van der Waals surface area contributed by atoms with Gasteiger partial charge in [-0.25, -0.2) is 4.39 Å². The van der Waals surface area contributed by atoms with Gasteiger partial charge in [0.05, 0.1) is 11.3 Å². The molecule has 0 heterocycles. The van der Waals surface area contributed by atoms with Crippen molar-refractivity contribution in [1.29, 1.82) is 0 Å². The third-order valence-electron chi connectivity index (χ3n) is 3.80. The zero-order chi connectivity index (χ0) is 23.0. The first-order valence-corrected chi connectivity index (χ1v) is 8.82. The summed E-state index contributed by atoms with van der Waals surface area (Å²) in [4.78, 5) is 34.3. The van der Waals surface area contributed by atoms with Crippen molar-refractivity contribution in [2.45, 2.75) is 12.6 Å². The number of halogens is 4. The van der Waals surface area contributed by atoms with E-state index in [9.17, 15) is 37.3 Å². The van der Waals surface area contributed by atoms with Crippen LogP contribution in [-0.4, -0.2) is 42.6 Å². The molecular weight excluding hydrogens is 426 g/mol. The Morgan fingerprint density at radius 2 is 1.77 bits per heavy atom. The molecule has 0 unspecified atom stereocenters. The summed E-state index contributed by atoms with van der Waals surface area (Å²) in [5.74, 6) is -2.21. The monoisotopic (exact) mass is 443 g/mol. The summed E-state index contributed by atoms with van der Waals surface area (Å²) in [5, 5.41) is 15.9. The number of nitro groups is 1. The van der Waals surface area contributed by atoms with Crippen LogP contribution in [0.15, 0.2) is 42.5 Å². The SMILES string of the molecule is O=C(Cc1cccc(F)c1)NCCNC(=O)c1cc(OCC(F)(F)F)ccc1[N+](=O)[O-]. The number of amides is 2. The number of nitrogens with zero attached hydrogens (tertiary/aromatic N) is 1. The summed E-state index contributed by atoms with van der Waals surface area (Å²) in [6, 6.07) is 8.11. The van der Waals surface area contributed by atoms with Crippen LogP contribution in [0.5, 0.6) is 5.75 Å². The van der Waals surface area contributed by atoms with Gasteiger partial charge in [-0.15, -0.1) is 0 Å². The van der Waals surface area contributed by atoms with Crippen LogP contribution in [0.4, 0.5) is 23.2 Å². The normalized spacial score (nSPS) is 11.0. The Labute approximate surface area is 173 Å². The number of hydrogen-bond acceptors (Lipinski definition) is 5. The standard InChI is InChI=1S/C19H17F4N3O5/c20-13-3-1-2-12(8-13)9-17(27)24-6-7-25-18(28)15-10-14(31-11-19(21,22)23)4-5-16(15)26(29)30/h1-5,8,10H,6-7,9,11H2,(H,24,27)(H,25,28). The number of carbonyl (C=O) groups excluding carboxylic acids is 2. The van der Waals surface area contributed by atoms with E-state index < -0.39 is 46.6 Å². The van der Waals surface area contributed by atoms with Crippen molar-refractivity contribution in [3.8, 4) is 5.75 Å². The Morgan fingerprint density at radius 3 is 2.42 bits per heavy atom. The van der Waals surface area contributed by atoms with Gasteiger partial charge in [-0.1, -0.05) is 12.1 Å². The van der Waals surface area contributed by atoms with Crippen LogP contribution < -0.4 is 15.4 Å². The minimum atomic E-state index is -4.62. The Kier molecular flexibility index (Phi) is 7.88. The fraction of sp³-hybridized carbons (Fsp3) is 0.263. The fourth-order valence-electron chi connectivity index (χ4n) is 2.48. The van der Waals surface area contributed by atoms with Gasteiger partial charge in [0.15, 0.2) is 6.61 Å². The molecule has 0 saturated heterocycles. The van der Waals surface area contributed by atoms with Crippen molar-refractivity contribution in [1.82, 2.24) is 10.6 Å². The molecule has 0 spiro atoms. The number of alkyl halides is 3. The highest BCUT2D eigenvalue weighted by Crippen LogP contribution is 2.25. The van der Waals surface area contributed by atoms with E-state index in [1.807, 2.05) is 0 Å². The second-order valence-corrected chi connectivity index (χ2v) is 6.25. The molecule has 0 bridgehead atoms. The van der Waals surface area contributed by atoms with Gasteiger partial charge in [-0.2, -0.15) is 13.2 Å². The molecule has 12 heteroatoms. The maximum atomic E-state index is 13.1. The molecule has 0 fully saturated rings. The van der Waals surface area contributed by atoms with E-state index in [1.54, 1.807) is 6.07 Å². The molecule has 2 amide bonds. The van der Waals surface area contributed by atoms with Crippen molar-refractivity contribution >= 4 is 17.5 Å². The van der Waals surface area contributed by atoms with Crippen molar-refractivity contribution < 1.29 is 36.8 Å². The van der Waals surface area contributed by atoms with Gasteiger partial charge in [0.25, 0.3) is 11.6 Å². The van der Waals surface area contributed by atoms with E-state index >= 15 is 0 Å². The van der Waals surface area contributed by atoms with Gasteiger partial charge in [-0.3, -0.25) is 19.7 Å². The lowest BCUT2D eigenvalue weighted by atomic mass is 10.1.